The summed E-state index contributed by atoms with van der Waals surface area (Å²) < 4.78 is 0. The molecule has 0 aromatic carbocycles. The van der Waals surface area contributed by atoms with E-state index in [-0.39, 0.29) is 5.92 Å². The molecule has 0 saturated heterocycles. The predicted octanol–water partition coefficient (Wildman–Crippen LogP) is 3.63. The minimum absolute atomic E-state index is 0.228. The van der Waals surface area contributed by atoms with Crippen LogP contribution in [-0.2, 0) is 4.79 Å². The van der Waals surface area contributed by atoms with E-state index in [0.717, 1.165) is 32.2 Å². The molecule has 0 aromatic rings. The molecule has 1 aliphatic carbocycles. The Labute approximate surface area is 125 Å². The van der Waals surface area contributed by atoms with Gasteiger partial charge in [0.2, 0.25) is 5.91 Å². The monoisotopic (exact) mass is 282 g/mol. The molecule has 3 nitrogen and oxygen atoms in total. The maximum atomic E-state index is 12.3. The van der Waals surface area contributed by atoms with E-state index in [9.17, 15) is 4.79 Å². The summed E-state index contributed by atoms with van der Waals surface area (Å²) in [4.78, 5) is 12.3. The van der Waals surface area contributed by atoms with Crippen LogP contribution in [0, 0.1) is 5.92 Å². The number of amides is 1. The molecule has 118 valence electrons. The highest BCUT2D eigenvalue weighted by Crippen LogP contribution is 2.20. The van der Waals surface area contributed by atoms with E-state index in [2.05, 4.69) is 31.4 Å². The van der Waals surface area contributed by atoms with Gasteiger partial charge in [-0.1, -0.05) is 33.6 Å². The van der Waals surface area contributed by atoms with Crippen molar-refractivity contribution in [3.63, 3.8) is 0 Å². The molecule has 0 aliphatic heterocycles. The van der Waals surface area contributed by atoms with Crippen LogP contribution in [0.1, 0.15) is 78.6 Å². The van der Waals surface area contributed by atoms with E-state index in [1.807, 2.05) is 0 Å². The molecule has 20 heavy (non-hydrogen) atoms. The molecule has 0 heterocycles. The van der Waals surface area contributed by atoms with Gasteiger partial charge in [0, 0.05) is 18.0 Å². The van der Waals surface area contributed by atoms with Crippen LogP contribution in [0.15, 0.2) is 0 Å². The van der Waals surface area contributed by atoms with E-state index in [1.165, 1.54) is 32.1 Å². The maximum absolute atomic E-state index is 12.3. The van der Waals surface area contributed by atoms with Gasteiger partial charge in [0.1, 0.15) is 0 Å². The summed E-state index contributed by atoms with van der Waals surface area (Å²) in [6.45, 7) is 7.65. The highest BCUT2D eigenvalue weighted by molar-refractivity contribution is 5.78. The summed E-state index contributed by atoms with van der Waals surface area (Å²) >= 11 is 0. The number of rotatable bonds is 9. The largest absolute Gasteiger partial charge is 0.353 e. The van der Waals surface area contributed by atoms with Crippen LogP contribution in [0.2, 0.25) is 0 Å². The molecule has 0 aromatic heterocycles. The van der Waals surface area contributed by atoms with Crippen LogP contribution >= 0.6 is 0 Å². The molecular formula is C17H34N2O. The number of hydrogen-bond donors (Lipinski definition) is 2. The molecule has 3 heteroatoms. The zero-order valence-electron chi connectivity index (χ0n) is 13.7. The molecule has 0 radical (unpaired) electrons. The summed E-state index contributed by atoms with van der Waals surface area (Å²) in [6, 6.07) is 1.09. The van der Waals surface area contributed by atoms with Gasteiger partial charge in [-0.25, -0.2) is 0 Å². The lowest BCUT2D eigenvalue weighted by molar-refractivity contribution is -0.126. The van der Waals surface area contributed by atoms with Crippen molar-refractivity contribution in [2.24, 2.45) is 5.92 Å². The van der Waals surface area contributed by atoms with Gasteiger partial charge >= 0.3 is 0 Å². The Morgan fingerprint density at radius 1 is 1.05 bits per heavy atom. The van der Waals surface area contributed by atoms with Gasteiger partial charge in [-0.15, -0.1) is 0 Å². The second-order valence-corrected chi connectivity index (χ2v) is 6.26. The van der Waals surface area contributed by atoms with Crippen LogP contribution in [0.25, 0.3) is 0 Å². The van der Waals surface area contributed by atoms with Crippen LogP contribution in [-0.4, -0.2) is 24.5 Å². The lowest BCUT2D eigenvalue weighted by Gasteiger charge is -2.30. The van der Waals surface area contributed by atoms with E-state index < -0.39 is 0 Å². The number of carbonyl (C=O) groups excluding carboxylic acids is 1. The minimum atomic E-state index is 0.228. The fraction of sp³-hybridized carbons (Fsp3) is 0.941. The highest BCUT2D eigenvalue weighted by atomic mass is 16.1. The normalized spacial score (nSPS) is 24.4. The van der Waals surface area contributed by atoms with Gasteiger partial charge in [0.25, 0.3) is 0 Å². The van der Waals surface area contributed by atoms with Crippen LogP contribution in [0.4, 0.5) is 0 Å². The van der Waals surface area contributed by atoms with Crippen LogP contribution in [0.3, 0.4) is 0 Å². The molecule has 1 fully saturated rings. The average molecular weight is 282 g/mol. The summed E-state index contributed by atoms with van der Waals surface area (Å²) in [5.41, 5.74) is 0. The Morgan fingerprint density at radius 3 is 2.25 bits per heavy atom. The van der Waals surface area contributed by atoms with Gasteiger partial charge in [0.05, 0.1) is 0 Å². The topological polar surface area (TPSA) is 41.1 Å². The van der Waals surface area contributed by atoms with Gasteiger partial charge in [-0.05, 0) is 51.5 Å². The van der Waals surface area contributed by atoms with Crippen molar-refractivity contribution in [3.8, 4) is 0 Å². The molecule has 2 N–H and O–H groups in total. The Bertz CT molecular complexity index is 260. The Kier molecular flexibility index (Phi) is 8.92. The van der Waals surface area contributed by atoms with Crippen molar-refractivity contribution >= 4 is 5.91 Å². The highest BCUT2D eigenvalue weighted by Gasteiger charge is 2.24. The van der Waals surface area contributed by atoms with Crippen molar-refractivity contribution in [1.29, 1.82) is 0 Å². The smallest absolute Gasteiger partial charge is 0.223 e. The molecule has 1 rings (SSSR count). The van der Waals surface area contributed by atoms with E-state index >= 15 is 0 Å². The van der Waals surface area contributed by atoms with Crippen molar-refractivity contribution < 1.29 is 4.79 Å². The van der Waals surface area contributed by atoms with Gasteiger partial charge in [0.15, 0.2) is 0 Å². The summed E-state index contributed by atoms with van der Waals surface area (Å²) in [5.74, 6) is 0.525. The zero-order chi connectivity index (χ0) is 14.8. The van der Waals surface area contributed by atoms with Gasteiger partial charge in [-0.3, -0.25) is 4.79 Å². The predicted molar refractivity (Wildman–Crippen MR) is 85.8 cm³/mol. The van der Waals surface area contributed by atoms with E-state index in [0.29, 0.717) is 18.0 Å². The first-order valence-electron chi connectivity index (χ1n) is 8.74. The first kappa shape index (κ1) is 17.5. The third-order valence-corrected chi connectivity index (χ3v) is 4.53. The first-order chi connectivity index (χ1) is 9.71. The van der Waals surface area contributed by atoms with Gasteiger partial charge in [-0.2, -0.15) is 0 Å². The Balaban J connectivity index is 2.26. The number of carbonyl (C=O) groups is 1. The molecule has 1 saturated carbocycles. The van der Waals surface area contributed by atoms with Crippen molar-refractivity contribution in [2.75, 3.05) is 6.54 Å². The van der Waals surface area contributed by atoms with Crippen LogP contribution < -0.4 is 10.6 Å². The second kappa shape index (κ2) is 10.2. The second-order valence-electron chi connectivity index (χ2n) is 6.26. The maximum Gasteiger partial charge on any atom is 0.223 e. The molecule has 1 amide bonds. The number of nitrogens with one attached hydrogen (secondary N) is 2. The van der Waals surface area contributed by atoms with Crippen molar-refractivity contribution in [3.05, 3.63) is 0 Å². The molecule has 1 aliphatic rings. The zero-order valence-corrected chi connectivity index (χ0v) is 13.7. The van der Waals surface area contributed by atoms with E-state index in [4.69, 9.17) is 0 Å². The summed E-state index contributed by atoms with van der Waals surface area (Å²) in [6.07, 6.45) is 10.2. The summed E-state index contributed by atoms with van der Waals surface area (Å²) in [5, 5.41) is 6.88. The quantitative estimate of drug-likeness (QED) is 0.678. The standard InChI is InChI=1S/C17H34N2O/c1-4-7-8-14(6-3)17(20)19-16-11-9-15(10-12-16)18-13-5-2/h14-16,18H,4-13H2,1-3H3,(H,19,20). The summed E-state index contributed by atoms with van der Waals surface area (Å²) in [7, 11) is 0. The van der Waals surface area contributed by atoms with Gasteiger partial charge < -0.3 is 10.6 Å². The lowest BCUT2D eigenvalue weighted by atomic mass is 9.90. The number of unbranched alkanes of at least 4 members (excludes halogenated alkanes) is 1. The molecule has 0 spiro atoms. The lowest BCUT2D eigenvalue weighted by Crippen LogP contribution is -2.44. The third kappa shape index (κ3) is 6.25. The van der Waals surface area contributed by atoms with E-state index in [1.54, 1.807) is 0 Å². The van der Waals surface area contributed by atoms with Crippen molar-refractivity contribution in [2.45, 2.75) is 90.6 Å². The SMILES string of the molecule is CCCCC(CC)C(=O)NC1CCC(NCCC)CC1. The fourth-order valence-electron chi connectivity index (χ4n) is 3.08. The Morgan fingerprint density at radius 2 is 1.70 bits per heavy atom. The molecule has 1 atom stereocenters. The van der Waals surface area contributed by atoms with Crippen LogP contribution in [0.5, 0.6) is 0 Å². The molecular weight excluding hydrogens is 248 g/mol. The minimum Gasteiger partial charge on any atom is -0.353 e. The van der Waals surface area contributed by atoms with Crippen molar-refractivity contribution in [1.82, 2.24) is 10.6 Å². The number of hydrogen-bond acceptors (Lipinski definition) is 2. The Hall–Kier alpha value is -0.570. The third-order valence-electron chi connectivity index (χ3n) is 4.53. The molecule has 1 unspecified atom stereocenters. The first-order valence-corrected chi connectivity index (χ1v) is 8.74. The molecule has 0 bridgehead atoms. The fourth-order valence-corrected chi connectivity index (χ4v) is 3.08. The average Bonchev–Trinajstić information content (AvgIpc) is 2.47.